The smallest absolute Gasteiger partial charge is 0.321 e. The fourth-order valence-corrected chi connectivity index (χ4v) is 4.26. The molecule has 0 saturated heterocycles. The summed E-state index contributed by atoms with van der Waals surface area (Å²) in [4.78, 5) is 24.3. The quantitative estimate of drug-likeness (QED) is 0.321. The van der Waals surface area contributed by atoms with Gasteiger partial charge in [0.05, 0.1) is 4.90 Å². The number of nitrogens with one attached hydrogen (secondary N) is 2. The predicted molar refractivity (Wildman–Crippen MR) is 134 cm³/mol. The largest absolute Gasteiger partial charge is 0.459 e. The minimum atomic E-state index is -3.89. The van der Waals surface area contributed by atoms with E-state index >= 15 is 0 Å². The van der Waals surface area contributed by atoms with Gasteiger partial charge in [-0.1, -0.05) is 44.7 Å². The number of sulfonamides is 1. The Morgan fingerprint density at radius 3 is 2.09 bits per heavy atom. The maximum absolute atomic E-state index is 12.5. The highest BCUT2D eigenvalue weighted by molar-refractivity contribution is 7.89. The predicted octanol–water partition coefficient (Wildman–Crippen LogP) is 5.07. The van der Waals surface area contributed by atoms with Crippen molar-refractivity contribution < 1.29 is 22.7 Å². The molecule has 0 aliphatic rings. The number of aryl methyl sites for hydroxylation is 1. The van der Waals surface area contributed by atoms with Gasteiger partial charge in [-0.3, -0.25) is 9.59 Å². The zero-order chi connectivity index (χ0) is 25.2. The fraction of sp³-hybridized carbons (Fsp3) is 0.462. The van der Waals surface area contributed by atoms with Gasteiger partial charge in [-0.15, -0.1) is 0 Å². The molecule has 2 N–H and O–H groups in total. The summed E-state index contributed by atoms with van der Waals surface area (Å²) in [6, 6.07) is 13.3. The molecule has 0 heterocycles. The second-order valence-corrected chi connectivity index (χ2v) is 11.0. The van der Waals surface area contributed by atoms with Crippen molar-refractivity contribution in [3.05, 3.63) is 59.7 Å². The van der Waals surface area contributed by atoms with Crippen LogP contribution < -0.4 is 10.0 Å². The summed E-state index contributed by atoms with van der Waals surface area (Å²) in [6.07, 6.45) is 7.13. The standard InChI is InChI=1S/C26H36N2O5S/c1-5-6-7-8-9-10-20-11-13-21(14-12-20)25(30)28-22-15-17-23(18-16-22)34(31,32)27-19-24(29)33-26(2,3)4/h11-18,27H,5-10,19H2,1-4H3,(H,28,30). The highest BCUT2D eigenvalue weighted by Gasteiger charge is 2.20. The summed E-state index contributed by atoms with van der Waals surface area (Å²) in [5, 5.41) is 2.77. The number of hydrogen-bond donors (Lipinski definition) is 2. The van der Waals surface area contributed by atoms with E-state index in [-0.39, 0.29) is 10.8 Å². The van der Waals surface area contributed by atoms with Gasteiger partial charge in [-0.05, 0) is 75.6 Å². The molecule has 0 atom stereocenters. The lowest BCUT2D eigenvalue weighted by Crippen LogP contribution is -2.34. The van der Waals surface area contributed by atoms with E-state index in [2.05, 4.69) is 17.0 Å². The van der Waals surface area contributed by atoms with E-state index < -0.39 is 28.1 Å². The van der Waals surface area contributed by atoms with Crippen molar-refractivity contribution in [3.63, 3.8) is 0 Å². The van der Waals surface area contributed by atoms with E-state index in [1.54, 1.807) is 32.9 Å². The van der Waals surface area contributed by atoms with E-state index in [0.29, 0.717) is 11.3 Å². The van der Waals surface area contributed by atoms with Crippen LogP contribution in [0.1, 0.15) is 75.7 Å². The van der Waals surface area contributed by atoms with Crippen LogP contribution in [0.25, 0.3) is 0 Å². The topological polar surface area (TPSA) is 102 Å². The van der Waals surface area contributed by atoms with Gasteiger partial charge in [0.2, 0.25) is 10.0 Å². The Labute approximate surface area is 203 Å². The number of amides is 1. The van der Waals surface area contributed by atoms with Crippen molar-refractivity contribution in [2.75, 3.05) is 11.9 Å². The van der Waals surface area contributed by atoms with Crippen molar-refractivity contribution in [3.8, 4) is 0 Å². The van der Waals surface area contributed by atoms with Gasteiger partial charge in [0.15, 0.2) is 0 Å². The molecule has 0 bridgehead atoms. The average molecular weight is 489 g/mol. The number of benzene rings is 2. The Morgan fingerprint density at radius 2 is 1.50 bits per heavy atom. The SMILES string of the molecule is CCCCCCCc1ccc(C(=O)Nc2ccc(S(=O)(=O)NCC(=O)OC(C)(C)C)cc2)cc1. The third kappa shape index (κ3) is 9.65. The number of anilines is 1. The van der Waals surface area contributed by atoms with Crippen LogP contribution in [0.4, 0.5) is 5.69 Å². The zero-order valence-corrected chi connectivity index (χ0v) is 21.3. The molecule has 0 saturated carbocycles. The molecule has 0 radical (unpaired) electrons. The third-order valence-corrected chi connectivity index (χ3v) is 6.45. The van der Waals surface area contributed by atoms with Gasteiger partial charge >= 0.3 is 5.97 Å². The Bertz CT molecular complexity index is 1040. The van der Waals surface area contributed by atoms with Crippen molar-refractivity contribution in [1.82, 2.24) is 4.72 Å². The molecular formula is C26H36N2O5S. The maximum atomic E-state index is 12.5. The molecule has 8 heteroatoms. The van der Waals surface area contributed by atoms with Crippen LogP contribution in [0.5, 0.6) is 0 Å². The Hall–Kier alpha value is -2.71. The molecule has 0 aromatic heterocycles. The molecule has 2 rings (SSSR count). The summed E-state index contributed by atoms with van der Waals surface area (Å²) in [7, 11) is -3.89. The average Bonchev–Trinajstić information content (AvgIpc) is 2.77. The molecule has 0 fully saturated rings. The molecule has 34 heavy (non-hydrogen) atoms. The van der Waals surface area contributed by atoms with E-state index in [9.17, 15) is 18.0 Å². The molecule has 186 valence electrons. The summed E-state index contributed by atoms with van der Waals surface area (Å²) in [5.74, 6) is -0.935. The van der Waals surface area contributed by atoms with Crippen molar-refractivity contribution in [1.29, 1.82) is 0 Å². The van der Waals surface area contributed by atoms with Gasteiger partial charge in [0, 0.05) is 11.3 Å². The first-order valence-electron chi connectivity index (χ1n) is 11.7. The van der Waals surface area contributed by atoms with Crippen LogP contribution in [0, 0.1) is 0 Å². The summed E-state index contributed by atoms with van der Waals surface area (Å²) < 4.78 is 32.1. The first kappa shape index (κ1) is 27.5. The number of ether oxygens (including phenoxy) is 1. The van der Waals surface area contributed by atoms with Gasteiger partial charge < -0.3 is 10.1 Å². The minimum absolute atomic E-state index is 0.0163. The molecule has 0 aliphatic heterocycles. The highest BCUT2D eigenvalue weighted by Crippen LogP contribution is 2.16. The molecular weight excluding hydrogens is 452 g/mol. The zero-order valence-electron chi connectivity index (χ0n) is 20.5. The molecule has 2 aromatic carbocycles. The van der Waals surface area contributed by atoms with Gasteiger partial charge in [0.25, 0.3) is 5.91 Å². The number of esters is 1. The number of unbranched alkanes of at least 4 members (excludes halogenated alkanes) is 4. The Morgan fingerprint density at radius 1 is 0.882 bits per heavy atom. The van der Waals surface area contributed by atoms with E-state index in [1.807, 2.05) is 12.1 Å². The monoisotopic (exact) mass is 488 g/mol. The van der Waals surface area contributed by atoms with E-state index in [0.717, 1.165) is 12.8 Å². The molecule has 1 amide bonds. The first-order valence-corrected chi connectivity index (χ1v) is 13.2. The second kappa shape index (κ2) is 12.7. The Balaban J connectivity index is 1.88. The van der Waals surface area contributed by atoms with Crippen LogP contribution in [0.2, 0.25) is 0 Å². The van der Waals surface area contributed by atoms with Crippen molar-refractivity contribution in [2.45, 2.75) is 76.7 Å². The lowest BCUT2D eigenvalue weighted by atomic mass is 10.0. The number of rotatable bonds is 12. The van der Waals surface area contributed by atoms with Crippen molar-refractivity contribution >= 4 is 27.6 Å². The summed E-state index contributed by atoms with van der Waals surface area (Å²) in [6.45, 7) is 6.85. The second-order valence-electron chi connectivity index (χ2n) is 9.25. The van der Waals surface area contributed by atoms with Crippen LogP contribution in [0.15, 0.2) is 53.4 Å². The fourth-order valence-electron chi connectivity index (χ4n) is 3.29. The van der Waals surface area contributed by atoms with Crippen LogP contribution in [-0.4, -0.2) is 32.4 Å². The molecule has 7 nitrogen and oxygen atoms in total. The van der Waals surface area contributed by atoms with Crippen molar-refractivity contribution in [2.24, 2.45) is 0 Å². The molecule has 0 aliphatic carbocycles. The van der Waals surface area contributed by atoms with E-state index in [4.69, 9.17) is 4.74 Å². The van der Waals surface area contributed by atoms with Gasteiger partial charge in [0.1, 0.15) is 12.1 Å². The molecule has 2 aromatic rings. The normalized spacial score (nSPS) is 11.8. The lowest BCUT2D eigenvalue weighted by Gasteiger charge is -2.19. The lowest BCUT2D eigenvalue weighted by molar-refractivity contribution is -0.153. The van der Waals surface area contributed by atoms with Gasteiger partial charge in [-0.25, -0.2) is 8.42 Å². The summed E-state index contributed by atoms with van der Waals surface area (Å²) in [5.41, 5.74) is 1.51. The molecule has 0 spiro atoms. The van der Waals surface area contributed by atoms with Crippen LogP contribution in [0.3, 0.4) is 0 Å². The molecule has 0 unspecified atom stereocenters. The number of carbonyl (C=O) groups is 2. The minimum Gasteiger partial charge on any atom is -0.459 e. The number of carbonyl (C=O) groups excluding carboxylic acids is 2. The van der Waals surface area contributed by atoms with Gasteiger partial charge in [-0.2, -0.15) is 4.72 Å². The van der Waals surface area contributed by atoms with E-state index in [1.165, 1.54) is 55.5 Å². The van der Waals surface area contributed by atoms with Crippen LogP contribution in [-0.2, 0) is 26.0 Å². The number of hydrogen-bond acceptors (Lipinski definition) is 5. The van der Waals surface area contributed by atoms with Crippen LogP contribution >= 0.6 is 0 Å². The summed E-state index contributed by atoms with van der Waals surface area (Å²) >= 11 is 0. The first-order chi connectivity index (χ1) is 16.0. The third-order valence-electron chi connectivity index (χ3n) is 5.03. The highest BCUT2D eigenvalue weighted by atomic mass is 32.2. The maximum Gasteiger partial charge on any atom is 0.321 e. The Kier molecular flexibility index (Phi) is 10.3.